The van der Waals surface area contributed by atoms with E-state index < -0.39 is 5.97 Å². The standard InChI is InChI=1S/C19H28N4O4/c1-14(24)17(20-2)11-15-3-5-16(6-4-15)12-21-19(27)23-9-7-22(8-10-23)13-18(25)26/h3-6,17,20H,7-13H2,1-2H3,(H,21,27)(H,25,26)/t17-/m0/s1. The number of benzene rings is 1. The Morgan fingerprint density at radius 3 is 2.19 bits per heavy atom. The number of nitrogens with zero attached hydrogens (tertiary/aromatic N) is 2. The Bertz CT molecular complexity index is 654. The summed E-state index contributed by atoms with van der Waals surface area (Å²) < 4.78 is 0. The number of likely N-dealkylation sites (N-methyl/N-ethyl adjacent to an activating group) is 1. The largest absolute Gasteiger partial charge is 0.480 e. The van der Waals surface area contributed by atoms with Gasteiger partial charge in [-0.15, -0.1) is 0 Å². The summed E-state index contributed by atoms with van der Waals surface area (Å²) in [6.07, 6.45) is 0.638. The maximum absolute atomic E-state index is 12.3. The fourth-order valence-electron chi connectivity index (χ4n) is 3.07. The summed E-state index contributed by atoms with van der Waals surface area (Å²) in [5.74, 6) is -0.738. The molecule has 2 amide bonds. The molecule has 27 heavy (non-hydrogen) atoms. The Labute approximate surface area is 159 Å². The first-order valence-corrected chi connectivity index (χ1v) is 9.11. The van der Waals surface area contributed by atoms with Gasteiger partial charge in [0.1, 0.15) is 5.78 Å². The number of urea groups is 1. The lowest BCUT2D eigenvalue weighted by Gasteiger charge is -2.33. The number of carboxylic acids is 1. The van der Waals surface area contributed by atoms with E-state index in [9.17, 15) is 14.4 Å². The highest BCUT2D eigenvalue weighted by Crippen LogP contribution is 2.08. The van der Waals surface area contributed by atoms with Crippen LogP contribution in [0.15, 0.2) is 24.3 Å². The van der Waals surface area contributed by atoms with Gasteiger partial charge < -0.3 is 20.6 Å². The lowest BCUT2D eigenvalue weighted by Crippen LogP contribution is -2.52. The van der Waals surface area contributed by atoms with Gasteiger partial charge in [0.15, 0.2) is 0 Å². The molecule has 0 radical (unpaired) electrons. The molecule has 1 atom stereocenters. The number of aliphatic carboxylic acids is 1. The average Bonchev–Trinajstić information content (AvgIpc) is 2.65. The van der Waals surface area contributed by atoms with Crippen LogP contribution in [0.2, 0.25) is 0 Å². The van der Waals surface area contributed by atoms with Crippen LogP contribution in [0.4, 0.5) is 4.79 Å². The molecule has 1 aliphatic heterocycles. The number of carbonyl (C=O) groups is 3. The molecule has 0 bridgehead atoms. The van der Waals surface area contributed by atoms with Crippen molar-refractivity contribution in [3.8, 4) is 0 Å². The van der Waals surface area contributed by atoms with E-state index in [1.54, 1.807) is 18.9 Å². The van der Waals surface area contributed by atoms with E-state index in [1.807, 2.05) is 29.2 Å². The number of amides is 2. The smallest absolute Gasteiger partial charge is 0.317 e. The van der Waals surface area contributed by atoms with E-state index in [4.69, 9.17) is 5.11 Å². The molecule has 0 aromatic heterocycles. The Morgan fingerprint density at radius 2 is 1.67 bits per heavy atom. The minimum Gasteiger partial charge on any atom is -0.480 e. The summed E-state index contributed by atoms with van der Waals surface area (Å²) in [6.45, 7) is 4.19. The van der Waals surface area contributed by atoms with Gasteiger partial charge in [-0.05, 0) is 31.5 Å². The van der Waals surface area contributed by atoms with Gasteiger partial charge in [-0.1, -0.05) is 24.3 Å². The molecule has 1 aliphatic rings. The first-order chi connectivity index (χ1) is 12.9. The molecular formula is C19H28N4O4. The molecule has 1 saturated heterocycles. The average molecular weight is 376 g/mol. The normalized spacial score (nSPS) is 16.0. The van der Waals surface area contributed by atoms with Crippen molar-refractivity contribution in [1.29, 1.82) is 0 Å². The van der Waals surface area contributed by atoms with Gasteiger partial charge in [0.05, 0.1) is 12.6 Å². The Morgan fingerprint density at radius 1 is 1.07 bits per heavy atom. The first-order valence-electron chi connectivity index (χ1n) is 9.11. The van der Waals surface area contributed by atoms with Gasteiger partial charge in [-0.25, -0.2) is 4.79 Å². The Kier molecular flexibility index (Phi) is 7.75. The van der Waals surface area contributed by atoms with Crippen LogP contribution in [0.25, 0.3) is 0 Å². The zero-order chi connectivity index (χ0) is 19.8. The highest BCUT2D eigenvalue weighted by Gasteiger charge is 2.22. The zero-order valence-corrected chi connectivity index (χ0v) is 15.9. The lowest BCUT2D eigenvalue weighted by atomic mass is 10.0. The molecule has 0 spiro atoms. The predicted molar refractivity (Wildman–Crippen MR) is 102 cm³/mol. The van der Waals surface area contributed by atoms with Crippen molar-refractivity contribution in [3.63, 3.8) is 0 Å². The summed E-state index contributed by atoms with van der Waals surface area (Å²) in [6, 6.07) is 7.52. The minimum absolute atomic E-state index is 0.0137. The highest BCUT2D eigenvalue weighted by atomic mass is 16.4. The van der Waals surface area contributed by atoms with Gasteiger partial charge in [0, 0.05) is 32.7 Å². The fraction of sp³-hybridized carbons (Fsp3) is 0.526. The van der Waals surface area contributed by atoms with Crippen molar-refractivity contribution in [1.82, 2.24) is 20.4 Å². The number of piperazine rings is 1. The van der Waals surface area contributed by atoms with Gasteiger partial charge in [-0.2, -0.15) is 0 Å². The van der Waals surface area contributed by atoms with E-state index in [2.05, 4.69) is 10.6 Å². The van der Waals surface area contributed by atoms with Crippen LogP contribution >= 0.6 is 0 Å². The second kappa shape index (κ2) is 10.0. The van der Waals surface area contributed by atoms with Crippen molar-refractivity contribution in [2.45, 2.75) is 25.9 Å². The number of hydrogen-bond acceptors (Lipinski definition) is 5. The summed E-state index contributed by atoms with van der Waals surface area (Å²) in [7, 11) is 1.78. The minimum atomic E-state index is -0.847. The fourth-order valence-corrected chi connectivity index (χ4v) is 3.07. The predicted octanol–water partition coefficient (Wildman–Crippen LogP) is 0.318. The molecule has 8 heteroatoms. The van der Waals surface area contributed by atoms with Crippen LogP contribution in [0, 0.1) is 0 Å². The monoisotopic (exact) mass is 376 g/mol. The number of rotatable bonds is 8. The maximum atomic E-state index is 12.3. The second-order valence-corrected chi connectivity index (χ2v) is 6.79. The van der Waals surface area contributed by atoms with E-state index in [0.717, 1.165) is 11.1 Å². The zero-order valence-electron chi connectivity index (χ0n) is 15.9. The summed E-state index contributed by atoms with van der Waals surface area (Å²) >= 11 is 0. The van der Waals surface area contributed by atoms with Gasteiger partial charge in [-0.3, -0.25) is 14.5 Å². The molecule has 1 heterocycles. The molecular weight excluding hydrogens is 348 g/mol. The first kappa shape index (κ1) is 20.9. The van der Waals surface area contributed by atoms with E-state index in [1.165, 1.54) is 0 Å². The van der Waals surface area contributed by atoms with Crippen LogP contribution in [0.5, 0.6) is 0 Å². The second-order valence-electron chi connectivity index (χ2n) is 6.79. The van der Waals surface area contributed by atoms with Crippen LogP contribution in [0.1, 0.15) is 18.1 Å². The van der Waals surface area contributed by atoms with Gasteiger partial charge in [0.25, 0.3) is 0 Å². The summed E-state index contributed by atoms with van der Waals surface area (Å²) in [4.78, 5) is 38.0. The van der Waals surface area contributed by atoms with Crippen molar-refractivity contribution < 1.29 is 19.5 Å². The topological polar surface area (TPSA) is 102 Å². The van der Waals surface area contributed by atoms with E-state index in [-0.39, 0.29) is 24.4 Å². The van der Waals surface area contributed by atoms with Crippen LogP contribution in [-0.2, 0) is 22.6 Å². The Hall–Kier alpha value is -2.45. The highest BCUT2D eigenvalue weighted by molar-refractivity contribution is 5.81. The number of nitrogens with one attached hydrogen (secondary N) is 2. The third-order valence-corrected chi connectivity index (χ3v) is 4.76. The molecule has 148 valence electrons. The van der Waals surface area contributed by atoms with Crippen LogP contribution in [0.3, 0.4) is 0 Å². The van der Waals surface area contributed by atoms with Crippen molar-refractivity contribution in [2.75, 3.05) is 39.8 Å². The molecule has 0 saturated carbocycles. The molecule has 3 N–H and O–H groups in total. The molecule has 0 aliphatic carbocycles. The number of hydrogen-bond donors (Lipinski definition) is 3. The van der Waals surface area contributed by atoms with Crippen molar-refractivity contribution >= 4 is 17.8 Å². The van der Waals surface area contributed by atoms with E-state index in [0.29, 0.717) is 39.1 Å². The molecule has 1 fully saturated rings. The number of ketones is 1. The van der Waals surface area contributed by atoms with Crippen LogP contribution < -0.4 is 10.6 Å². The van der Waals surface area contributed by atoms with Crippen molar-refractivity contribution in [2.24, 2.45) is 0 Å². The van der Waals surface area contributed by atoms with Crippen molar-refractivity contribution in [3.05, 3.63) is 35.4 Å². The molecule has 1 aromatic rings. The summed E-state index contributed by atoms with van der Waals surface area (Å²) in [5, 5.41) is 14.7. The molecule has 0 unspecified atom stereocenters. The van der Waals surface area contributed by atoms with Crippen LogP contribution in [-0.4, -0.2) is 78.5 Å². The lowest BCUT2D eigenvalue weighted by molar-refractivity contribution is -0.138. The number of carbonyl (C=O) groups excluding carboxylic acids is 2. The number of carboxylic acid groups (broad SMARTS) is 1. The quantitative estimate of drug-likeness (QED) is 0.604. The molecule has 8 nitrogen and oxygen atoms in total. The SMILES string of the molecule is CN[C@@H](Cc1ccc(CNC(=O)N2CCN(CC(=O)O)CC2)cc1)C(C)=O. The van der Waals surface area contributed by atoms with E-state index >= 15 is 0 Å². The summed E-state index contributed by atoms with van der Waals surface area (Å²) in [5.41, 5.74) is 2.05. The maximum Gasteiger partial charge on any atom is 0.317 e. The molecule has 2 rings (SSSR count). The van der Waals surface area contributed by atoms with Gasteiger partial charge >= 0.3 is 12.0 Å². The Balaban J connectivity index is 1.77. The third kappa shape index (κ3) is 6.65. The third-order valence-electron chi connectivity index (χ3n) is 4.76. The molecule has 1 aromatic carbocycles. The van der Waals surface area contributed by atoms with Gasteiger partial charge in [0.2, 0.25) is 0 Å². The number of Topliss-reactive ketones (excluding diaryl/α,β-unsaturated/α-hetero) is 1.